The number of nitrogens with one attached hydrogen (secondary N) is 1. The van der Waals surface area contributed by atoms with Crippen LogP contribution in [0.2, 0.25) is 5.02 Å². The number of hydrogen-bond acceptors (Lipinski definition) is 3. The average Bonchev–Trinajstić information content (AvgIpc) is 2.21. The number of phenolic OH excluding ortho intramolecular Hbond substituents is 1. The van der Waals surface area contributed by atoms with E-state index in [4.69, 9.17) is 16.7 Å². The second-order valence-electron chi connectivity index (χ2n) is 3.20. The number of hydrogen-bond donors (Lipinski definition) is 3. The van der Waals surface area contributed by atoms with Crippen molar-refractivity contribution in [1.82, 2.24) is 5.32 Å². The predicted octanol–water partition coefficient (Wildman–Crippen LogP) is 1.25. The molecule has 1 rings (SSSR count). The number of halogens is 1. The summed E-state index contributed by atoms with van der Waals surface area (Å²) in [6.45, 7) is 1.33. The number of carbonyl (C=O) groups is 2. The Morgan fingerprint density at radius 3 is 2.62 bits per heavy atom. The molecule has 0 saturated heterocycles. The van der Waals surface area contributed by atoms with E-state index >= 15 is 0 Å². The molecule has 0 fully saturated rings. The van der Waals surface area contributed by atoms with E-state index in [0.29, 0.717) is 0 Å². The molecule has 5 nitrogen and oxygen atoms in total. The maximum Gasteiger partial charge on any atom is 0.325 e. The van der Waals surface area contributed by atoms with E-state index in [1.54, 1.807) is 0 Å². The van der Waals surface area contributed by atoms with Crippen LogP contribution in [0.3, 0.4) is 0 Å². The highest BCUT2D eigenvalue weighted by Gasteiger charge is 2.17. The van der Waals surface area contributed by atoms with Crippen LogP contribution in [0.5, 0.6) is 5.75 Å². The van der Waals surface area contributed by atoms with Crippen LogP contribution in [0, 0.1) is 0 Å². The zero-order chi connectivity index (χ0) is 12.3. The van der Waals surface area contributed by atoms with Gasteiger partial charge in [0.15, 0.2) is 0 Å². The number of carboxylic acids is 1. The van der Waals surface area contributed by atoms with Gasteiger partial charge in [-0.3, -0.25) is 9.59 Å². The highest BCUT2D eigenvalue weighted by atomic mass is 35.5. The van der Waals surface area contributed by atoms with Gasteiger partial charge in [-0.25, -0.2) is 0 Å². The van der Waals surface area contributed by atoms with Crippen LogP contribution in [-0.2, 0) is 4.79 Å². The van der Waals surface area contributed by atoms with Gasteiger partial charge >= 0.3 is 5.97 Å². The highest BCUT2D eigenvalue weighted by Crippen LogP contribution is 2.20. The van der Waals surface area contributed by atoms with Gasteiger partial charge in [0.1, 0.15) is 11.8 Å². The Morgan fingerprint density at radius 2 is 2.06 bits per heavy atom. The van der Waals surface area contributed by atoms with Crippen LogP contribution < -0.4 is 5.32 Å². The lowest BCUT2D eigenvalue weighted by Crippen LogP contribution is -2.38. The topological polar surface area (TPSA) is 86.6 Å². The number of rotatable bonds is 3. The summed E-state index contributed by atoms with van der Waals surface area (Å²) in [5.74, 6) is -1.90. The second kappa shape index (κ2) is 4.85. The standard InChI is InChI=1S/C10H10ClNO4/c1-5(10(15)16)12-9(14)7-4-6(13)2-3-8(7)11/h2-5,13H,1H3,(H,12,14)(H,15,16). The van der Waals surface area contributed by atoms with Crippen molar-refractivity contribution in [2.24, 2.45) is 0 Å². The summed E-state index contributed by atoms with van der Waals surface area (Å²) in [5, 5.41) is 20.2. The summed E-state index contributed by atoms with van der Waals surface area (Å²) in [4.78, 5) is 22.1. The Hall–Kier alpha value is -1.75. The average molecular weight is 244 g/mol. The molecule has 0 bridgehead atoms. The number of phenols is 1. The lowest BCUT2D eigenvalue weighted by atomic mass is 10.2. The molecule has 0 radical (unpaired) electrons. The number of carbonyl (C=O) groups excluding carboxylic acids is 1. The minimum Gasteiger partial charge on any atom is -0.508 e. The third-order valence-corrected chi connectivity index (χ3v) is 2.24. The summed E-state index contributed by atoms with van der Waals surface area (Å²) >= 11 is 5.73. The molecule has 1 aromatic rings. The summed E-state index contributed by atoms with van der Waals surface area (Å²) in [6, 6.07) is 2.84. The van der Waals surface area contributed by atoms with E-state index in [9.17, 15) is 14.7 Å². The molecule has 0 heterocycles. The Morgan fingerprint density at radius 1 is 1.44 bits per heavy atom. The van der Waals surface area contributed by atoms with Crippen molar-refractivity contribution in [3.63, 3.8) is 0 Å². The fraction of sp³-hybridized carbons (Fsp3) is 0.200. The fourth-order valence-corrected chi connectivity index (χ4v) is 1.23. The van der Waals surface area contributed by atoms with Crippen molar-refractivity contribution in [3.05, 3.63) is 28.8 Å². The van der Waals surface area contributed by atoms with Crippen LogP contribution in [0.25, 0.3) is 0 Å². The van der Waals surface area contributed by atoms with Gasteiger partial charge < -0.3 is 15.5 Å². The molecule has 1 amide bonds. The molecule has 6 heteroatoms. The van der Waals surface area contributed by atoms with Crippen molar-refractivity contribution in [3.8, 4) is 5.75 Å². The summed E-state index contributed by atoms with van der Waals surface area (Å²) in [6.07, 6.45) is 0. The van der Waals surface area contributed by atoms with E-state index in [1.165, 1.54) is 25.1 Å². The predicted molar refractivity (Wildman–Crippen MR) is 57.7 cm³/mol. The third kappa shape index (κ3) is 2.87. The van der Waals surface area contributed by atoms with E-state index in [-0.39, 0.29) is 16.3 Å². The molecule has 0 aliphatic rings. The molecule has 1 unspecified atom stereocenters. The van der Waals surface area contributed by atoms with Gasteiger partial charge in [-0.2, -0.15) is 0 Å². The SMILES string of the molecule is CC(NC(=O)c1cc(O)ccc1Cl)C(=O)O. The van der Waals surface area contributed by atoms with Crippen LogP contribution >= 0.6 is 11.6 Å². The Bertz CT molecular complexity index is 433. The fourth-order valence-electron chi connectivity index (χ4n) is 1.02. The molecule has 16 heavy (non-hydrogen) atoms. The van der Waals surface area contributed by atoms with Gasteiger partial charge in [0.25, 0.3) is 5.91 Å². The van der Waals surface area contributed by atoms with Crippen molar-refractivity contribution in [1.29, 1.82) is 0 Å². The first kappa shape index (κ1) is 12.3. The maximum absolute atomic E-state index is 11.6. The molecule has 0 aliphatic heterocycles. The Kier molecular flexibility index (Phi) is 3.73. The molecule has 0 saturated carbocycles. The number of benzene rings is 1. The summed E-state index contributed by atoms with van der Waals surface area (Å²) in [7, 11) is 0. The molecule has 0 spiro atoms. The summed E-state index contributed by atoms with van der Waals surface area (Å²) in [5.41, 5.74) is 0.0368. The van der Waals surface area contributed by atoms with E-state index in [1.807, 2.05) is 0 Å². The first-order chi connectivity index (χ1) is 7.41. The van der Waals surface area contributed by atoms with Crippen LogP contribution in [0.15, 0.2) is 18.2 Å². The van der Waals surface area contributed by atoms with Crippen LogP contribution in [0.4, 0.5) is 0 Å². The highest BCUT2D eigenvalue weighted by molar-refractivity contribution is 6.33. The third-order valence-electron chi connectivity index (χ3n) is 1.91. The lowest BCUT2D eigenvalue weighted by Gasteiger charge is -2.10. The molecule has 3 N–H and O–H groups in total. The largest absolute Gasteiger partial charge is 0.508 e. The quantitative estimate of drug-likeness (QED) is 0.746. The minimum atomic E-state index is -1.15. The van der Waals surface area contributed by atoms with Gasteiger partial charge in [0.2, 0.25) is 0 Å². The van der Waals surface area contributed by atoms with E-state index in [0.717, 1.165) is 0 Å². The van der Waals surface area contributed by atoms with Crippen LogP contribution in [-0.4, -0.2) is 28.1 Å². The first-order valence-electron chi connectivity index (χ1n) is 4.44. The number of aromatic hydroxyl groups is 1. The van der Waals surface area contributed by atoms with Crippen molar-refractivity contribution >= 4 is 23.5 Å². The number of carboxylic acid groups (broad SMARTS) is 1. The van der Waals surface area contributed by atoms with Gasteiger partial charge in [-0.1, -0.05) is 11.6 Å². The van der Waals surface area contributed by atoms with Gasteiger partial charge in [0, 0.05) is 0 Å². The molecule has 1 atom stereocenters. The smallest absolute Gasteiger partial charge is 0.325 e. The maximum atomic E-state index is 11.6. The normalized spacial score (nSPS) is 11.9. The second-order valence-corrected chi connectivity index (χ2v) is 3.60. The monoisotopic (exact) mass is 243 g/mol. The van der Waals surface area contributed by atoms with E-state index in [2.05, 4.69) is 5.32 Å². The summed E-state index contributed by atoms with van der Waals surface area (Å²) < 4.78 is 0. The molecule has 86 valence electrons. The van der Waals surface area contributed by atoms with Crippen molar-refractivity contribution in [2.75, 3.05) is 0 Å². The Balaban J connectivity index is 2.88. The molecule has 1 aromatic carbocycles. The minimum absolute atomic E-state index is 0.0368. The first-order valence-corrected chi connectivity index (χ1v) is 4.82. The molecular weight excluding hydrogens is 234 g/mol. The zero-order valence-corrected chi connectivity index (χ0v) is 9.15. The zero-order valence-electron chi connectivity index (χ0n) is 8.40. The number of aliphatic carboxylic acids is 1. The van der Waals surface area contributed by atoms with Crippen LogP contribution in [0.1, 0.15) is 17.3 Å². The Labute approximate surface area is 96.7 Å². The van der Waals surface area contributed by atoms with Gasteiger partial charge in [-0.05, 0) is 25.1 Å². The van der Waals surface area contributed by atoms with Crippen molar-refractivity contribution < 1.29 is 19.8 Å². The molecule has 0 aromatic heterocycles. The lowest BCUT2D eigenvalue weighted by molar-refractivity contribution is -0.138. The van der Waals surface area contributed by atoms with Gasteiger partial charge in [-0.15, -0.1) is 0 Å². The van der Waals surface area contributed by atoms with E-state index < -0.39 is 17.9 Å². The molecular formula is C10H10ClNO4. The van der Waals surface area contributed by atoms with Crippen molar-refractivity contribution in [2.45, 2.75) is 13.0 Å². The number of amides is 1. The molecule has 0 aliphatic carbocycles. The van der Waals surface area contributed by atoms with Gasteiger partial charge in [0.05, 0.1) is 10.6 Å².